The number of Topliss-reactive ketones (excluding diaryl/α,β-unsaturated/α-hetero) is 1. The quantitative estimate of drug-likeness (QED) is 0.148. The fourth-order valence-corrected chi connectivity index (χ4v) is 9.07. The summed E-state index contributed by atoms with van der Waals surface area (Å²) < 4.78 is 16.8. The van der Waals surface area contributed by atoms with Crippen LogP contribution >= 0.6 is 0 Å². The van der Waals surface area contributed by atoms with Crippen molar-refractivity contribution in [3.63, 3.8) is 0 Å². The smallest absolute Gasteiger partial charge is 0.263 e. The molecule has 14 nitrogen and oxygen atoms in total. The number of amides is 3. The number of piperazine rings is 1. The van der Waals surface area contributed by atoms with E-state index in [0.29, 0.717) is 23.1 Å². The minimum absolute atomic E-state index is 0.0200. The third kappa shape index (κ3) is 8.17. The highest BCUT2D eigenvalue weighted by Crippen LogP contribution is 2.33. The lowest BCUT2D eigenvalue weighted by molar-refractivity contribution is -0.134. The average Bonchev–Trinajstić information content (AvgIpc) is 3.74. The first kappa shape index (κ1) is 39.1. The largest absolute Gasteiger partial charge is 0.371 e. The van der Waals surface area contributed by atoms with Gasteiger partial charge in [0.25, 0.3) is 11.5 Å². The minimum Gasteiger partial charge on any atom is -0.371 e. The number of pyridine rings is 1. The van der Waals surface area contributed by atoms with Gasteiger partial charge in [-0.3, -0.25) is 38.8 Å². The number of imide groups is 1. The van der Waals surface area contributed by atoms with Gasteiger partial charge in [0.05, 0.1) is 11.1 Å². The number of carbonyl (C=O) groups excluding carboxylic acids is 4. The van der Waals surface area contributed by atoms with Crippen molar-refractivity contribution >= 4 is 57.5 Å². The average molecular weight is 792 g/mol. The number of halogens is 1. The van der Waals surface area contributed by atoms with E-state index in [0.717, 1.165) is 107 Å². The van der Waals surface area contributed by atoms with Crippen LogP contribution in [0.25, 0.3) is 11.0 Å². The second-order valence-electron chi connectivity index (χ2n) is 16.1. The maximum Gasteiger partial charge on any atom is 0.263 e. The Labute approximate surface area is 336 Å². The van der Waals surface area contributed by atoms with Gasteiger partial charge in [-0.25, -0.2) is 9.37 Å². The number of aryl methyl sites for hydroxylation is 1. The number of aromatic nitrogens is 3. The van der Waals surface area contributed by atoms with Crippen LogP contribution in [0.2, 0.25) is 0 Å². The molecule has 8 rings (SSSR count). The molecule has 1 atom stereocenters. The molecule has 3 saturated heterocycles. The van der Waals surface area contributed by atoms with E-state index >= 15 is 4.39 Å². The molecular formula is C43H50FN9O5. The van der Waals surface area contributed by atoms with Gasteiger partial charge in [0.15, 0.2) is 5.78 Å². The molecule has 15 heteroatoms. The van der Waals surface area contributed by atoms with Crippen molar-refractivity contribution in [2.45, 2.75) is 77.3 Å². The monoisotopic (exact) mass is 791 g/mol. The number of carbonyl (C=O) groups is 4. The normalized spacial score (nSPS) is 19.7. The number of hydrogen-bond donors (Lipinski definition) is 3. The number of rotatable bonds is 10. The van der Waals surface area contributed by atoms with E-state index in [1.54, 1.807) is 23.8 Å². The molecule has 1 unspecified atom stereocenters. The lowest BCUT2D eigenvalue weighted by atomic mass is 9.95. The second kappa shape index (κ2) is 16.6. The van der Waals surface area contributed by atoms with Crippen molar-refractivity contribution in [3.05, 3.63) is 81.5 Å². The van der Waals surface area contributed by atoms with Crippen molar-refractivity contribution in [1.82, 2.24) is 30.1 Å². The molecule has 304 valence electrons. The van der Waals surface area contributed by atoms with Gasteiger partial charge in [0.2, 0.25) is 17.8 Å². The highest BCUT2D eigenvalue weighted by Gasteiger charge is 2.30. The lowest BCUT2D eigenvalue weighted by Crippen LogP contribution is -2.52. The first-order chi connectivity index (χ1) is 28.0. The Hall–Kier alpha value is -5.70. The number of anilines is 4. The van der Waals surface area contributed by atoms with E-state index in [4.69, 9.17) is 4.98 Å². The molecule has 0 bridgehead atoms. The summed E-state index contributed by atoms with van der Waals surface area (Å²) in [4.78, 5) is 78.7. The Morgan fingerprint density at radius 3 is 2.24 bits per heavy atom. The minimum atomic E-state index is -0.860. The topological polar surface area (TPSA) is 162 Å². The summed E-state index contributed by atoms with van der Waals surface area (Å²) in [5.74, 6) is -1.55. The maximum absolute atomic E-state index is 15.1. The first-order valence-corrected chi connectivity index (χ1v) is 20.5. The van der Waals surface area contributed by atoms with Crippen LogP contribution in [-0.4, -0.2) is 94.8 Å². The van der Waals surface area contributed by atoms with Gasteiger partial charge < -0.3 is 20.4 Å². The summed E-state index contributed by atoms with van der Waals surface area (Å²) in [6, 6.07) is 12.0. The Kier molecular flexibility index (Phi) is 11.2. The van der Waals surface area contributed by atoms with Crippen LogP contribution in [-0.2, 0) is 9.59 Å². The zero-order chi connectivity index (χ0) is 40.5. The fourth-order valence-electron chi connectivity index (χ4n) is 9.07. The Bertz CT molecular complexity index is 2290. The number of piperidine rings is 2. The molecule has 0 radical (unpaired) electrons. The van der Waals surface area contributed by atoms with Crippen LogP contribution in [0, 0.1) is 18.7 Å². The van der Waals surface area contributed by atoms with Crippen molar-refractivity contribution in [1.29, 1.82) is 0 Å². The van der Waals surface area contributed by atoms with Crippen LogP contribution in [0.3, 0.4) is 0 Å². The summed E-state index contributed by atoms with van der Waals surface area (Å²) in [7, 11) is 0. The molecule has 1 aliphatic carbocycles. The zero-order valence-electron chi connectivity index (χ0n) is 33.1. The standard InChI is InChI=1S/C43H50FN9O5/c1-26-34-24-45-43(49-39(34)53(31-5-3-4-6-31)42(58)38(26)27(2)54)46-29-7-9-30(10-8-29)52-21-19-50(20-22-52)25-28-15-17-51(18-16-28)32-11-12-33(35(44)23-32)40(56)47-36-13-14-37(55)48-41(36)57/h7-12,23-24,28,31,36H,3-6,13-22,25H2,1-2H3,(H,47,56)(H,45,46,49)(H,48,55,57). The van der Waals surface area contributed by atoms with Gasteiger partial charge in [-0.15, -0.1) is 0 Å². The molecule has 1 saturated carbocycles. The van der Waals surface area contributed by atoms with Crippen molar-refractivity contribution < 1.29 is 23.6 Å². The lowest BCUT2D eigenvalue weighted by Gasteiger charge is -2.40. The summed E-state index contributed by atoms with van der Waals surface area (Å²) in [5, 5.41) is 8.79. The van der Waals surface area contributed by atoms with Crippen molar-refractivity contribution in [3.8, 4) is 0 Å². The molecule has 3 N–H and O–H groups in total. The van der Waals surface area contributed by atoms with Gasteiger partial charge >= 0.3 is 0 Å². The molecule has 3 amide bonds. The van der Waals surface area contributed by atoms with E-state index in [1.165, 1.54) is 19.1 Å². The van der Waals surface area contributed by atoms with Crippen LogP contribution < -0.4 is 31.3 Å². The number of ketones is 1. The molecule has 0 spiro atoms. The second-order valence-corrected chi connectivity index (χ2v) is 16.1. The van der Waals surface area contributed by atoms with E-state index in [9.17, 15) is 24.0 Å². The fraction of sp³-hybridized carbons (Fsp3) is 0.465. The maximum atomic E-state index is 15.1. The van der Waals surface area contributed by atoms with Crippen LogP contribution in [0.4, 0.5) is 27.4 Å². The molecule has 4 fully saturated rings. The molecule has 4 aliphatic rings. The number of fused-ring (bicyclic) bond motifs is 1. The number of hydrogen-bond acceptors (Lipinski definition) is 11. The number of nitrogens with one attached hydrogen (secondary N) is 3. The molecular weight excluding hydrogens is 742 g/mol. The molecule has 58 heavy (non-hydrogen) atoms. The van der Waals surface area contributed by atoms with Crippen LogP contribution in [0.15, 0.2) is 53.5 Å². The van der Waals surface area contributed by atoms with Crippen LogP contribution in [0.1, 0.15) is 90.6 Å². The zero-order valence-corrected chi connectivity index (χ0v) is 33.1. The van der Waals surface area contributed by atoms with Gasteiger partial charge in [-0.05, 0) is 99.9 Å². The Balaban J connectivity index is 0.817. The summed E-state index contributed by atoms with van der Waals surface area (Å²) in [5.41, 5.74) is 3.75. The predicted molar refractivity (Wildman–Crippen MR) is 219 cm³/mol. The summed E-state index contributed by atoms with van der Waals surface area (Å²) >= 11 is 0. The van der Waals surface area contributed by atoms with Crippen molar-refractivity contribution in [2.24, 2.45) is 5.92 Å². The van der Waals surface area contributed by atoms with Gasteiger partial charge in [0, 0.05) is 86.9 Å². The summed E-state index contributed by atoms with van der Waals surface area (Å²) in [6.07, 6.45) is 7.89. The number of benzene rings is 2. The highest BCUT2D eigenvalue weighted by atomic mass is 19.1. The Morgan fingerprint density at radius 2 is 1.57 bits per heavy atom. The van der Waals surface area contributed by atoms with E-state index in [2.05, 4.69) is 47.8 Å². The van der Waals surface area contributed by atoms with E-state index in [-0.39, 0.29) is 47.3 Å². The molecule has 4 aromatic rings. The van der Waals surface area contributed by atoms with E-state index < -0.39 is 23.7 Å². The third-order valence-corrected chi connectivity index (χ3v) is 12.3. The third-order valence-electron chi connectivity index (χ3n) is 12.3. The predicted octanol–water partition coefficient (Wildman–Crippen LogP) is 4.87. The first-order valence-electron chi connectivity index (χ1n) is 20.5. The molecule has 2 aromatic carbocycles. The van der Waals surface area contributed by atoms with Gasteiger partial charge in [-0.1, -0.05) is 12.8 Å². The molecule has 3 aliphatic heterocycles. The Morgan fingerprint density at radius 1 is 0.879 bits per heavy atom. The highest BCUT2D eigenvalue weighted by molar-refractivity contribution is 6.04. The summed E-state index contributed by atoms with van der Waals surface area (Å²) in [6.45, 7) is 9.63. The number of nitrogens with zero attached hydrogens (tertiary/aromatic N) is 6. The van der Waals surface area contributed by atoms with Gasteiger partial charge in [-0.2, -0.15) is 4.98 Å². The molecule has 5 heterocycles. The SMILES string of the molecule is CC(=O)c1c(C)c2cnc(Nc3ccc(N4CCN(CC5CCN(c6ccc(C(=O)NC7CCC(=O)NC7=O)c(F)c6)CC5)CC4)cc3)nc2n(C2CCCC2)c1=O. The van der Waals surface area contributed by atoms with Gasteiger partial charge in [0.1, 0.15) is 17.5 Å². The van der Waals surface area contributed by atoms with E-state index in [1.807, 2.05) is 12.1 Å². The van der Waals surface area contributed by atoms with Crippen molar-refractivity contribution in [2.75, 3.05) is 60.9 Å². The molecule has 2 aromatic heterocycles. The van der Waals surface area contributed by atoms with Crippen LogP contribution in [0.5, 0.6) is 0 Å².